The highest BCUT2D eigenvalue weighted by Gasteiger charge is 2.20. The number of nitrogen functional groups attached to an aromatic ring is 1. The van der Waals surface area contributed by atoms with E-state index in [4.69, 9.17) is 5.73 Å². The molecule has 94 valence electrons. The summed E-state index contributed by atoms with van der Waals surface area (Å²) in [7, 11) is 2.05. The molecule has 6 heteroatoms. The van der Waals surface area contributed by atoms with Crippen molar-refractivity contribution in [3.05, 3.63) is 26.9 Å². The maximum atomic E-state index is 11.7. The maximum Gasteiger partial charge on any atom is 0.329 e. The number of aromatic amines is 1. The first-order chi connectivity index (χ1) is 8.08. The van der Waals surface area contributed by atoms with Gasteiger partial charge in [0.25, 0.3) is 5.56 Å². The number of likely N-dealkylation sites (tertiary alicyclic amines) is 1. The Balaban J connectivity index is 2.24. The molecule has 0 saturated carbocycles. The van der Waals surface area contributed by atoms with Gasteiger partial charge in [0.1, 0.15) is 5.82 Å². The van der Waals surface area contributed by atoms with Crippen molar-refractivity contribution >= 4 is 5.82 Å². The Labute approximate surface area is 99.1 Å². The van der Waals surface area contributed by atoms with Crippen molar-refractivity contribution < 1.29 is 0 Å². The highest BCUT2D eigenvalue weighted by atomic mass is 16.2. The molecule has 1 aromatic heterocycles. The second-order valence-corrected chi connectivity index (χ2v) is 4.60. The molecule has 0 aliphatic carbocycles. The Morgan fingerprint density at radius 2 is 2.24 bits per heavy atom. The van der Waals surface area contributed by atoms with Gasteiger partial charge in [-0.2, -0.15) is 0 Å². The monoisotopic (exact) mass is 238 g/mol. The topological polar surface area (TPSA) is 84.1 Å². The number of piperidine rings is 1. The standard InChI is InChI=1S/C11H18N4O2/c1-14-5-3-2-4-8(14)7-15-9(12)6-10(16)13-11(15)17/h6,8H,2-5,7,12H2,1H3,(H,13,16,17). The van der Waals surface area contributed by atoms with E-state index in [1.54, 1.807) is 0 Å². The van der Waals surface area contributed by atoms with Crippen LogP contribution in [0.3, 0.4) is 0 Å². The summed E-state index contributed by atoms with van der Waals surface area (Å²) in [6.07, 6.45) is 3.43. The van der Waals surface area contributed by atoms with Gasteiger partial charge >= 0.3 is 5.69 Å². The van der Waals surface area contributed by atoms with Gasteiger partial charge in [0.2, 0.25) is 0 Å². The smallest absolute Gasteiger partial charge is 0.329 e. The minimum absolute atomic E-state index is 0.234. The number of hydrogen-bond donors (Lipinski definition) is 2. The quantitative estimate of drug-likeness (QED) is 0.734. The van der Waals surface area contributed by atoms with Gasteiger partial charge in [-0.05, 0) is 26.4 Å². The lowest BCUT2D eigenvalue weighted by atomic mass is 10.0. The van der Waals surface area contributed by atoms with Crippen LogP contribution in [0.5, 0.6) is 0 Å². The zero-order valence-electron chi connectivity index (χ0n) is 9.98. The van der Waals surface area contributed by atoms with Crippen LogP contribution in [-0.4, -0.2) is 34.1 Å². The van der Waals surface area contributed by atoms with Crippen molar-refractivity contribution in [1.29, 1.82) is 0 Å². The van der Waals surface area contributed by atoms with E-state index in [0.717, 1.165) is 13.0 Å². The summed E-state index contributed by atoms with van der Waals surface area (Å²) >= 11 is 0. The zero-order valence-corrected chi connectivity index (χ0v) is 9.98. The van der Waals surface area contributed by atoms with Crippen LogP contribution in [0.1, 0.15) is 19.3 Å². The largest absolute Gasteiger partial charge is 0.385 e. The number of anilines is 1. The first kappa shape index (κ1) is 11.9. The van der Waals surface area contributed by atoms with Crippen LogP contribution < -0.4 is 17.0 Å². The minimum Gasteiger partial charge on any atom is -0.385 e. The number of nitrogens with two attached hydrogens (primary N) is 1. The average Bonchev–Trinajstić information content (AvgIpc) is 2.25. The van der Waals surface area contributed by atoms with E-state index in [-0.39, 0.29) is 5.82 Å². The first-order valence-electron chi connectivity index (χ1n) is 5.88. The molecule has 2 heterocycles. The van der Waals surface area contributed by atoms with Gasteiger partial charge in [-0.3, -0.25) is 14.3 Å². The third kappa shape index (κ3) is 2.58. The van der Waals surface area contributed by atoms with E-state index in [1.165, 1.54) is 23.5 Å². The summed E-state index contributed by atoms with van der Waals surface area (Å²) in [5.74, 6) is 0.234. The van der Waals surface area contributed by atoms with Gasteiger partial charge in [-0.1, -0.05) is 6.42 Å². The number of likely N-dealkylation sites (N-methyl/N-ethyl adjacent to an activating group) is 1. The van der Waals surface area contributed by atoms with Crippen LogP contribution in [0.25, 0.3) is 0 Å². The molecule has 17 heavy (non-hydrogen) atoms. The van der Waals surface area contributed by atoms with Crippen molar-refractivity contribution in [2.45, 2.75) is 31.8 Å². The van der Waals surface area contributed by atoms with Crippen molar-refractivity contribution in [1.82, 2.24) is 14.5 Å². The molecule has 2 rings (SSSR count). The van der Waals surface area contributed by atoms with Crippen molar-refractivity contribution in [2.24, 2.45) is 0 Å². The fraction of sp³-hybridized carbons (Fsp3) is 0.636. The van der Waals surface area contributed by atoms with E-state index in [2.05, 4.69) is 16.9 Å². The number of H-pyrrole nitrogens is 1. The van der Waals surface area contributed by atoms with Crippen molar-refractivity contribution in [3.8, 4) is 0 Å². The molecule has 1 unspecified atom stereocenters. The normalized spacial score (nSPS) is 21.6. The summed E-state index contributed by atoms with van der Waals surface area (Å²) in [6.45, 7) is 1.58. The summed E-state index contributed by atoms with van der Waals surface area (Å²) in [4.78, 5) is 27.2. The highest BCUT2D eigenvalue weighted by molar-refractivity contribution is 5.26. The van der Waals surface area contributed by atoms with Crippen LogP contribution in [0, 0.1) is 0 Å². The first-order valence-corrected chi connectivity index (χ1v) is 5.88. The second kappa shape index (κ2) is 4.75. The van der Waals surface area contributed by atoms with Gasteiger partial charge in [-0.15, -0.1) is 0 Å². The molecule has 1 aliphatic heterocycles. The predicted molar refractivity (Wildman–Crippen MR) is 66.0 cm³/mol. The fourth-order valence-corrected chi connectivity index (χ4v) is 2.31. The Morgan fingerprint density at radius 3 is 2.88 bits per heavy atom. The Morgan fingerprint density at radius 1 is 1.47 bits per heavy atom. The summed E-state index contributed by atoms with van der Waals surface area (Å²) in [6, 6.07) is 1.57. The molecule has 0 amide bonds. The second-order valence-electron chi connectivity index (χ2n) is 4.60. The molecule has 1 fully saturated rings. The Hall–Kier alpha value is -1.56. The highest BCUT2D eigenvalue weighted by Crippen LogP contribution is 2.16. The van der Waals surface area contributed by atoms with Gasteiger partial charge < -0.3 is 10.6 Å². The molecule has 1 saturated heterocycles. The van der Waals surface area contributed by atoms with E-state index in [1.807, 2.05) is 0 Å². The fourth-order valence-electron chi connectivity index (χ4n) is 2.31. The molecule has 0 radical (unpaired) electrons. The molecular weight excluding hydrogens is 220 g/mol. The molecule has 1 aromatic rings. The zero-order chi connectivity index (χ0) is 12.4. The Bertz CT molecular complexity index is 505. The molecule has 0 aromatic carbocycles. The number of nitrogens with zero attached hydrogens (tertiary/aromatic N) is 2. The molecule has 0 bridgehead atoms. The van der Waals surface area contributed by atoms with Gasteiger partial charge in [0.05, 0.1) is 0 Å². The van der Waals surface area contributed by atoms with Gasteiger partial charge in [-0.25, -0.2) is 4.79 Å². The van der Waals surface area contributed by atoms with Crippen molar-refractivity contribution in [2.75, 3.05) is 19.3 Å². The summed E-state index contributed by atoms with van der Waals surface area (Å²) < 4.78 is 1.44. The summed E-state index contributed by atoms with van der Waals surface area (Å²) in [5, 5.41) is 0. The molecule has 3 N–H and O–H groups in total. The van der Waals surface area contributed by atoms with Crippen LogP contribution in [0.4, 0.5) is 5.82 Å². The van der Waals surface area contributed by atoms with E-state index < -0.39 is 11.2 Å². The number of aromatic nitrogens is 2. The maximum absolute atomic E-state index is 11.7. The number of hydrogen-bond acceptors (Lipinski definition) is 4. The van der Waals surface area contributed by atoms with E-state index in [0.29, 0.717) is 12.6 Å². The van der Waals surface area contributed by atoms with Crippen LogP contribution in [0.2, 0.25) is 0 Å². The third-order valence-electron chi connectivity index (χ3n) is 3.38. The minimum atomic E-state index is -0.444. The molecule has 0 spiro atoms. The van der Waals surface area contributed by atoms with Crippen LogP contribution in [0.15, 0.2) is 15.7 Å². The summed E-state index contributed by atoms with van der Waals surface area (Å²) in [5.41, 5.74) is 4.84. The molecule has 1 atom stereocenters. The lowest BCUT2D eigenvalue weighted by Crippen LogP contribution is -2.43. The number of nitrogens with one attached hydrogen (secondary N) is 1. The van der Waals surface area contributed by atoms with Gasteiger partial charge in [0.15, 0.2) is 0 Å². The molecular formula is C11H18N4O2. The Kier molecular flexibility index (Phi) is 3.33. The molecule has 6 nitrogen and oxygen atoms in total. The lowest BCUT2D eigenvalue weighted by Gasteiger charge is -2.32. The SMILES string of the molecule is CN1CCCCC1Cn1c(N)cc(=O)[nH]c1=O. The van der Waals surface area contributed by atoms with Crippen molar-refractivity contribution in [3.63, 3.8) is 0 Å². The molecule has 1 aliphatic rings. The lowest BCUT2D eigenvalue weighted by molar-refractivity contribution is 0.166. The van der Waals surface area contributed by atoms with Crippen LogP contribution in [-0.2, 0) is 6.54 Å². The third-order valence-corrected chi connectivity index (χ3v) is 3.38. The van der Waals surface area contributed by atoms with Crippen LogP contribution >= 0.6 is 0 Å². The van der Waals surface area contributed by atoms with E-state index >= 15 is 0 Å². The number of rotatable bonds is 2. The van der Waals surface area contributed by atoms with E-state index in [9.17, 15) is 9.59 Å². The predicted octanol–water partition coefficient (Wildman–Crippen LogP) is -0.397. The average molecular weight is 238 g/mol. The van der Waals surface area contributed by atoms with Gasteiger partial charge in [0, 0.05) is 18.7 Å².